The zero-order valence-electron chi connectivity index (χ0n) is 9.84. The summed E-state index contributed by atoms with van der Waals surface area (Å²) in [6.07, 6.45) is 0. The average molecular weight is 253 g/mol. The van der Waals surface area contributed by atoms with Crippen molar-refractivity contribution in [1.29, 1.82) is 0 Å². The molecule has 2 amide bonds. The second-order valence-electron chi connectivity index (χ2n) is 3.45. The number of nitrogens with one attached hydrogen (secondary N) is 2. The number of amides is 2. The number of rotatable bonds is 5. The Bertz CT molecular complexity index is 419. The smallest absolute Gasteiger partial charge is 0.258 e. The second-order valence-corrected chi connectivity index (χ2v) is 3.45. The van der Waals surface area contributed by atoms with Crippen LogP contribution >= 0.6 is 0 Å². The molecule has 0 fully saturated rings. The van der Waals surface area contributed by atoms with Crippen LogP contribution in [-0.2, 0) is 4.79 Å². The van der Waals surface area contributed by atoms with E-state index in [4.69, 9.17) is 15.7 Å². The van der Waals surface area contributed by atoms with Gasteiger partial charge in [0.1, 0.15) is 11.8 Å². The number of aliphatic hydroxyl groups is 1. The van der Waals surface area contributed by atoms with Crippen LogP contribution in [0.2, 0.25) is 0 Å². The molecule has 1 rings (SSSR count). The molecule has 0 heterocycles. The van der Waals surface area contributed by atoms with Crippen molar-refractivity contribution in [2.75, 3.05) is 13.7 Å². The number of carbonyl (C=O) groups excluding carboxylic acids is 2. The Morgan fingerprint density at radius 1 is 1.39 bits per heavy atom. The van der Waals surface area contributed by atoms with E-state index in [1.165, 1.54) is 7.11 Å². The average Bonchev–Trinajstić information content (AvgIpc) is 2.43. The van der Waals surface area contributed by atoms with Crippen molar-refractivity contribution in [3.8, 4) is 5.75 Å². The van der Waals surface area contributed by atoms with Crippen LogP contribution in [0.3, 0.4) is 0 Å². The minimum absolute atomic E-state index is 0.346. The van der Waals surface area contributed by atoms with Gasteiger partial charge in [-0.05, 0) is 24.3 Å². The maximum Gasteiger partial charge on any atom is 0.258 e. The largest absolute Gasteiger partial charge is 0.497 e. The fourth-order valence-electron chi connectivity index (χ4n) is 1.28. The van der Waals surface area contributed by atoms with Crippen molar-refractivity contribution in [2.45, 2.75) is 6.04 Å². The zero-order chi connectivity index (χ0) is 13.5. The van der Waals surface area contributed by atoms with Gasteiger partial charge in [-0.25, -0.2) is 5.84 Å². The maximum atomic E-state index is 11.8. The topological polar surface area (TPSA) is 114 Å². The van der Waals surface area contributed by atoms with Crippen LogP contribution in [0.15, 0.2) is 24.3 Å². The number of hydrogen-bond acceptors (Lipinski definition) is 5. The Balaban J connectivity index is 2.71. The normalized spacial score (nSPS) is 11.5. The minimum Gasteiger partial charge on any atom is -0.497 e. The molecular formula is C11H15N3O4. The number of aliphatic hydroxyl groups excluding tert-OH is 1. The molecule has 0 aliphatic carbocycles. The van der Waals surface area contributed by atoms with Crippen LogP contribution in [0.5, 0.6) is 5.75 Å². The maximum absolute atomic E-state index is 11.8. The predicted octanol–water partition coefficient (Wildman–Crippen LogP) is -1.22. The van der Waals surface area contributed by atoms with E-state index < -0.39 is 24.5 Å². The number of hydrazine groups is 1. The van der Waals surface area contributed by atoms with Crippen molar-refractivity contribution in [3.05, 3.63) is 29.8 Å². The third-order valence-corrected chi connectivity index (χ3v) is 2.30. The van der Waals surface area contributed by atoms with E-state index in [9.17, 15) is 9.59 Å². The number of ether oxygens (including phenoxy) is 1. The van der Waals surface area contributed by atoms with Crippen LogP contribution in [0.25, 0.3) is 0 Å². The molecule has 0 bridgehead atoms. The van der Waals surface area contributed by atoms with E-state index in [1.54, 1.807) is 24.3 Å². The van der Waals surface area contributed by atoms with Crippen molar-refractivity contribution >= 4 is 11.8 Å². The fraction of sp³-hybridized carbons (Fsp3) is 0.273. The van der Waals surface area contributed by atoms with Crippen molar-refractivity contribution in [3.63, 3.8) is 0 Å². The first-order valence-electron chi connectivity index (χ1n) is 5.18. The lowest BCUT2D eigenvalue weighted by Gasteiger charge is -2.14. The van der Waals surface area contributed by atoms with Gasteiger partial charge in [-0.1, -0.05) is 0 Å². The number of hydrogen-bond donors (Lipinski definition) is 4. The molecule has 0 radical (unpaired) electrons. The molecule has 0 aromatic heterocycles. The van der Waals surface area contributed by atoms with Crippen molar-refractivity contribution in [2.24, 2.45) is 5.84 Å². The highest BCUT2D eigenvalue weighted by molar-refractivity contribution is 5.97. The number of benzene rings is 1. The lowest BCUT2D eigenvalue weighted by atomic mass is 10.2. The summed E-state index contributed by atoms with van der Waals surface area (Å²) in [7, 11) is 1.52. The third kappa shape index (κ3) is 3.44. The van der Waals surface area contributed by atoms with Gasteiger partial charge in [-0.15, -0.1) is 0 Å². The van der Waals surface area contributed by atoms with E-state index in [0.29, 0.717) is 11.3 Å². The summed E-state index contributed by atoms with van der Waals surface area (Å²) in [5.74, 6) is 4.38. The number of methoxy groups -OCH3 is 1. The molecule has 7 heteroatoms. The minimum atomic E-state index is -1.08. The first-order chi connectivity index (χ1) is 8.62. The van der Waals surface area contributed by atoms with E-state index in [2.05, 4.69) is 5.32 Å². The summed E-state index contributed by atoms with van der Waals surface area (Å²) in [6, 6.07) is 5.24. The molecule has 1 atom stereocenters. The summed E-state index contributed by atoms with van der Waals surface area (Å²) in [5, 5.41) is 11.3. The summed E-state index contributed by atoms with van der Waals surface area (Å²) in [6.45, 7) is -0.537. The van der Waals surface area contributed by atoms with E-state index in [0.717, 1.165) is 0 Å². The second kappa shape index (κ2) is 6.58. The monoisotopic (exact) mass is 253 g/mol. The first kappa shape index (κ1) is 13.9. The Kier molecular flexibility index (Phi) is 5.09. The van der Waals surface area contributed by atoms with Gasteiger partial charge < -0.3 is 15.2 Å². The van der Waals surface area contributed by atoms with Crippen LogP contribution in [0.1, 0.15) is 10.4 Å². The molecule has 1 aromatic rings. The molecule has 0 saturated carbocycles. The molecular weight excluding hydrogens is 238 g/mol. The van der Waals surface area contributed by atoms with Gasteiger partial charge in [0.25, 0.3) is 11.8 Å². The molecule has 0 aliphatic heterocycles. The summed E-state index contributed by atoms with van der Waals surface area (Å²) in [5.41, 5.74) is 2.20. The highest BCUT2D eigenvalue weighted by atomic mass is 16.5. The van der Waals surface area contributed by atoms with Gasteiger partial charge >= 0.3 is 0 Å². The molecule has 0 spiro atoms. The van der Waals surface area contributed by atoms with Crippen LogP contribution in [0, 0.1) is 0 Å². The highest BCUT2D eigenvalue weighted by Crippen LogP contribution is 2.11. The molecule has 5 N–H and O–H groups in total. The van der Waals surface area contributed by atoms with Crippen molar-refractivity contribution in [1.82, 2.24) is 10.7 Å². The third-order valence-electron chi connectivity index (χ3n) is 2.30. The van der Waals surface area contributed by atoms with E-state index in [1.807, 2.05) is 5.43 Å². The van der Waals surface area contributed by atoms with Gasteiger partial charge in [0.05, 0.1) is 13.7 Å². The van der Waals surface area contributed by atoms with Crippen LogP contribution in [-0.4, -0.2) is 36.7 Å². The highest BCUT2D eigenvalue weighted by Gasteiger charge is 2.19. The Hall–Kier alpha value is -2.12. The lowest BCUT2D eigenvalue weighted by molar-refractivity contribution is -0.123. The molecule has 1 aromatic carbocycles. The lowest BCUT2D eigenvalue weighted by Crippen LogP contribution is -2.50. The fourth-order valence-corrected chi connectivity index (χ4v) is 1.28. The van der Waals surface area contributed by atoms with Crippen LogP contribution in [0.4, 0.5) is 0 Å². The molecule has 0 aliphatic rings. The zero-order valence-corrected chi connectivity index (χ0v) is 9.84. The van der Waals surface area contributed by atoms with Crippen molar-refractivity contribution < 1.29 is 19.4 Å². The SMILES string of the molecule is COc1ccc(C(=O)NC(CO)C(=O)NN)cc1. The molecule has 0 saturated heterocycles. The van der Waals surface area contributed by atoms with E-state index in [-0.39, 0.29) is 0 Å². The molecule has 1 unspecified atom stereocenters. The van der Waals surface area contributed by atoms with E-state index >= 15 is 0 Å². The molecule has 18 heavy (non-hydrogen) atoms. The Morgan fingerprint density at radius 3 is 2.44 bits per heavy atom. The molecule has 98 valence electrons. The summed E-state index contributed by atoms with van der Waals surface area (Å²) < 4.78 is 4.95. The Labute approximate surface area is 104 Å². The predicted molar refractivity (Wildman–Crippen MR) is 63.7 cm³/mol. The number of carbonyl (C=O) groups is 2. The van der Waals surface area contributed by atoms with Gasteiger partial charge in [0.2, 0.25) is 0 Å². The quantitative estimate of drug-likeness (QED) is 0.298. The van der Waals surface area contributed by atoms with Gasteiger partial charge in [0, 0.05) is 5.56 Å². The van der Waals surface area contributed by atoms with Crippen LogP contribution < -0.4 is 21.3 Å². The summed E-state index contributed by atoms with van der Waals surface area (Å²) in [4.78, 5) is 22.9. The Morgan fingerprint density at radius 2 is 2.00 bits per heavy atom. The standard InChI is InChI=1S/C11H15N3O4/c1-18-8-4-2-7(3-5-8)10(16)13-9(6-15)11(17)14-12/h2-5,9,15H,6,12H2,1H3,(H,13,16)(H,14,17). The van der Waals surface area contributed by atoms with Gasteiger partial charge in [0.15, 0.2) is 0 Å². The summed E-state index contributed by atoms with van der Waals surface area (Å²) >= 11 is 0. The van der Waals surface area contributed by atoms with Gasteiger partial charge in [-0.2, -0.15) is 0 Å². The first-order valence-corrected chi connectivity index (χ1v) is 5.18. The number of nitrogens with two attached hydrogens (primary N) is 1. The van der Waals surface area contributed by atoms with Gasteiger partial charge in [-0.3, -0.25) is 15.0 Å². The molecule has 7 nitrogen and oxygen atoms in total.